The second kappa shape index (κ2) is 6.89. The quantitative estimate of drug-likeness (QED) is 0.615. The van der Waals surface area contributed by atoms with Gasteiger partial charge in [0.05, 0.1) is 0 Å². The molecular weight excluding hydrogens is 246 g/mol. The van der Waals surface area contributed by atoms with E-state index >= 15 is 0 Å². The molecule has 0 unspecified atom stereocenters. The molecule has 0 bridgehead atoms. The van der Waals surface area contributed by atoms with Crippen LogP contribution in [0.3, 0.4) is 0 Å². The van der Waals surface area contributed by atoms with Crippen molar-refractivity contribution >= 4 is 12.4 Å². The Kier molecular flexibility index (Phi) is 4.92. The van der Waals surface area contributed by atoms with Crippen molar-refractivity contribution in [2.45, 2.75) is 19.4 Å². The number of rotatable bonds is 4. The number of hydrogen-bond acceptors (Lipinski definition) is 5. The minimum absolute atomic E-state index is 0.0835. The molecule has 2 rings (SSSR count). The van der Waals surface area contributed by atoms with Gasteiger partial charge in [-0.15, -0.1) is 5.06 Å². The molecule has 1 saturated heterocycles. The third-order valence-electron chi connectivity index (χ3n) is 3.09. The number of benzene rings is 1. The molecule has 0 saturated carbocycles. The zero-order valence-corrected chi connectivity index (χ0v) is 10.7. The summed E-state index contributed by atoms with van der Waals surface area (Å²) in [7, 11) is 0. The fraction of sp³-hybridized carbons (Fsp3) is 0.429. The lowest BCUT2D eigenvalue weighted by molar-refractivity contribution is -0.146. The Morgan fingerprint density at radius 1 is 1.26 bits per heavy atom. The first-order valence-electron chi connectivity index (χ1n) is 6.37. The summed E-state index contributed by atoms with van der Waals surface area (Å²) in [5.41, 5.74) is 0.916. The van der Waals surface area contributed by atoms with Crippen LogP contribution in [0.15, 0.2) is 30.3 Å². The molecule has 1 aromatic rings. The normalized spacial score (nSPS) is 16.8. The van der Waals surface area contributed by atoms with Crippen LogP contribution < -0.4 is 0 Å². The van der Waals surface area contributed by atoms with E-state index in [2.05, 4.69) is 0 Å². The second-order valence-electron chi connectivity index (χ2n) is 4.52. The summed E-state index contributed by atoms with van der Waals surface area (Å²) in [6.45, 7) is 1.35. The van der Waals surface area contributed by atoms with Gasteiger partial charge in [-0.3, -0.25) is 0 Å². The molecule has 1 aliphatic heterocycles. The largest absolute Gasteiger partial charge is 0.528 e. The van der Waals surface area contributed by atoms with Crippen molar-refractivity contribution in [1.82, 2.24) is 5.06 Å². The van der Waals surface area contributed by atoms with E-state index in [9.17, 15) is 9.59 Å². The summed E-state index contributed by atoms with van der Waals surface area (Å²) in [5, 5.41) is 1.55. The number of ether oxygens (including phenoxy) is 1. The van der Waals surface area contributed by atoms with Gasteiger partial charge in [0.2, 0.25) is 0 Å². The number of carbonyl (C=O) groups is 2. The number of aldehydes is 1. The first-order chi connectivity index (χ1) is 9.28. The van der Waals surface area contributed by atoms with Crippen LogP contribution in [0, 0.1) is 5.92 Å². The van der Waals surface area contributed by atoms with E-state index in [1.807, 2.05) is 30.3 Å². The third-order valence-corrected chi connectivity index (χ3v) is 3.09. The molecule has 1 heterocycles. The highest BCUT2D eigenvalue weighted by molar-refractivity contribution is 5.59. The standard InChI is InChI=1S/C14H17NO4/c16-10-12-6-8-15(9-7-12)19-14(17)18-11-13-4-2-1-3-5-13/h1-5,10,12H,6-9,11H2. The molecule has 1 aromatic carbocycles. The molecule has 1 aliphatic rings. The number of hydroxylamine groups is 2. The highest BCUT2D eigenvalue weighted by Gasteiger charge is 2.21. The van der Waals surface area contributed by atoms with E-state index in [0.29, 0.717) is 13.1 Å². The van der Waals surface area contributed by atoms with Gasteiger partial charge >= 0.3 is 6.16 Å². The Morgan fingerprint density at radius 3 is 2.58 bits per heavy atom. The Balaban J connectivity index is 1.69. The monoisotopic (exact) mass is 263 g/mol. The van der Waals surface area contributed by atoms with Gasteiger partial charge in [-0.1, -0.05) is 30.3 Å². The Bertz CT molecular complexity index is 413. The summed E-state index contributed by atoms with van der Waals surface area (Å²) >= 11 is 0. The molecule has 5 nitrogen and oxygen atoms in total. The van der Waals surface area contributed by atoms with Crippen LogP contribution >= 0.6 is 0 Å². The molecule has 5 heteroatoms. The van der Waals surface area contributed by atoms with Crippen molar-refractivity contribution in [2.24, 2.45) is 5.92 Å². The fourth-order valence-electron chi connectivity index (χ4n) is 1.95. The van der Waals surface area contributed by atoms with Crippen LogP contribution in [0.2, 0.25) is 0 Å². The van der Waals surface area contributed by atoms with Gasteiger partial charge in [-0.05, 0) is 18.4 Å². The van der Waals surface area contributed by atoms with Gasteiger partial charge in [0.25, 0.3) is 0 Å². The van der Waals surface area contributed by atoms with Crippen molar-refractivity contribution in [3.05, 3.63) is 35.9 Å². The first kappa shape index (κ1) is 13.5. The SMILES string of the molecule is O=CC1CCN(OC(=O)OCc2ccccc2)CC1. The van der Waals surface area contributed by atoms with Crippen LogP contribution in [0.4, 0.5) is 4.79 Å². The molecule has 0 amide bonds. The van der Waals surface area contributed by atoms with Crippen LogP contribution in [0.1, 0.15) is 18.4 Å². The Hall–Kier alpha value is -1.88. The average Bonchev–Trinajstić information content (AvgIpc) is 2.47. The van der Waals surface area contributed by atoms with E-state index in [-0.39, 0.29) is 12.5 Å². The van der Waals surface area contributed by atoms with Crippen molar-refractivity contribution in [2.75, 3.05) is 13.1 Å². The highest BCUT2D eigenvalue weighted by Crippen LogP contribution is 2.15. The fourth-order valence-corrected chi connectivity index (χ4v) is 1.95. The van der Waals surface area contributed by atoms with Gasteiger partial charge in [-0.2, -0.15) is 0 Å². The van der Waals surface area contributed by atoms with E-state index in [4.69, 9.17) is 9.57 Å². The van der Waals surface area contributed by atoms with Crippen LogP contribution in [-0.2, 0) is 21.0 Å². The van der Waals surface area contributed by atoms with Crippen molar-refractivity contribution in [1.29, 1.82) is 0 Å². The molecule has 0 radical (unpaired) electrons. The zero-order valence-electron chi connectivity index (χ0n) is 10.7. The first-order valence-corrected chi connectivity index (χ1v) is 6.37. The second-order valence-corrected chi connectivity index (χ2v) is 4.52. The minimum Gasteiger partial charge on any atom is -0.428 e. The summed E-state index contributed by atoms with van der Waals surface area (Å²) in [4.78, 5) is 27.1. The lowest BCUT2D eigenvalue weighted by Crippen LogP contribution is -2.36. The van der Waals surface area contributed by atoms with E-state index in [1.165, 1.54) is 0 Å². The van der Waals surface area contributed by atoms with Crippen molar-refractivity contribution in [3.8, 4) is 0 Å². The predicted molar refractivity (Wildman–Crippen MR) is 68.1 cm³/mol. The number of piperidine rings is 1. The number of nitrogens with zero attached hydrogens (tertiary/aromatic N) is 1. The third kappa shape index (κ3) is 4.37. The summed E-state index contributed by atoms with van der Waals surface area (Å²) in [6, 6.07) is 9.42. The van der Waals surface area contributed by atoms with E-state index in [0.717, 1.165) is 24.7 Å². The molecule has 0 atom stereocenters. The summed E-state index contributed by atoms with van der Waals surface area (Å²) in [5.74, 6) is 0.0835. The Morgan fingerprint density at radius 2 is 1.95 bits per heavy atom. The van der Waals surface area contributed by atoms with E-state index in [1.54, 1.807) is 5.06 Å². The van der Waals surface area contributed by atoms with Gasteiger partial charge in [0.15, 0.2) is 0 Å². The molecule has 0 aliphatic carbocycles. The topological polar surface area (TPSA) is 55.8 Å². The van der Waals surface area contributed by atoms with Gasteiger partial charge in [-0.25, -0.2) is 4.79 Å². The molecule has 0 spiro atoms. The van der Waals surface area contributed by atoms with E-state index < -0.39 is 6.16 Å². The maximum atomic E-state index is 11.5. The molecule has 0 N–H and O–H groups in total. The van der Waals surface area contributed by atoms with Crippen molar-refractivity contribution in [3.63, 3.8) is 0 Å². The smallest absolute Gasteiger partial charge is 0.428 e. The lowest BCUT2D eigenvalue weighted by atomic mass is 10.0. The zero-order chi connectivity index (χ0) is 13.5. The molecule has 102 valence electrons. The van der Waals surface area contributed by atoms with Crippen LogP contribution in [0.25, 0.3) is 0 Å². The number of hydrogen-bond donors (Lipinski definition) is 0. The molecular formula is C14H17NO4. The predicted octanol–water partition coefficient (Wildman–Crippen LogP) is 2.17. The maximum Gasteiger partial charge on any atom is 0.528 e. The van der Waals surface area contributed by atoms with Gasteiger partial charge in [0.1, 0.15) is 12.9 Å². The molecule has 1 fully saturated rings. The van der Waals surface area contributed by atoms with Crippen LogP contribution in [-0.4, -0.2) is 30.6 Å². The van der Waals surface area contributed by atoms with Crippen molar-refractivity contribution < 1.29 is 19.2 Å². The average molecular weight is 263 g/mol. The number of carbonyl (C=O) groups excluding carboxylic acids is 2. The van der Waals surface area contributed by atoms with Gasteiger partial charge < -0.3 is 14.4 Å². The summed E-state index contributed by atoms with van der Waals surface area (Å²) in [6.07, 6.45) is 1.70. The Labute approximate surface area is 112 Å². The highest BCUT2D eigenvalue weighted by atomic mass is 16.8. The van der Waals surface area contributed by atoms with Crippen LogP contribution in [0.5, 0.6) is 0 Å². The molecule has 19 heavy (non-hydrogen) atoms. The lowest BCUT2D eigenvalue weighted by Gasteiger charge is -2.27. The summed E-state index contributed by atoms with van der Waals surface area (Å²) < 4.78 is 5.01. The van der Waals surface area contributed by atoms with Gasteiger partial charge in [0, 0.05) is 19.0 Å². The minimum atomic E-state index is -0.701. The maximum absolute atomic E-state index is 11.5. The molecule has 0 aromatic heterocycles.